The van der Waals surface area contributed by atoms with E-state index in [0.29, 0.717) is 4.73 Å². The van der Waals surface area contributed by atoms with Gasteiger partial charge < -0.3 is 0 Å². The van der Waals surface area contributed by atoms with E-state index in [1.54, 1.807) is 4.52 Å². The second kappa shape index (κ2) is 3.28. The van der Waals surface area contributed by atoms with Crippen molar-refractivity contribution in [1.29, 1.82) is 0 Å². The van der Waals surface area contributed by atoms with Crippen LogP contribution in [0.3, 0.4) is 0 Å². The van der Waals surface area contributed by atoms with E-state index in [2.05, 4.69) is 48.0 Å². The lowest BCUT2D eigenvalue weighted by Crippen LogP contribution is -1.88. The van der Waals surface area contributed by atoms with Crippen molar-refractivity contribution in [2.75, 3.05) is 0 Å². The molecule has 0 bridgehead atoms. The lowest BCUT2D eigenvalue weighted by atomic mass is 10.2. The highest BCUT2D eigenvalue weighted by Gasteiger charge is 2.07. The standard InChI is InChI=1S/C10H5Br2N3/c11-8-5-15-9(13-10(12)14-15)7-4-2-1-3-6(7)8/h1-5H. The summed E-state index contributed by atoms with van der Waals surface area (Å²) in [5, 5.41) is 6.45. The van der Waals surface area contributed by atoms with E-state index in [-0.39, 0.29) is 0 Å². The van der Waals surface area contributed by atoms with Crippen LogP contribution in [0.1, 0.15) is 0 Å². The molecule has 0 fully saturated rings. The van der Waals surface area contributed by atoms with Crippen LogP contribution in [0.25, 0.3) is 16.4 Å². The molecule has 0 spiro atoms. The molecule has 2 aromatic heterocycles. The third-order valence-corrected chi connectivity index (χ3v) is 3.23. The van der Waals surface area contributed by atoms with E-state index in [9.17, 15) is 0 Å². The minimum absolute atomic E-state index is 0.603. The Morgan fingerprint density at radius 2 is 1.80 bits per heavy atom. The Hall–Kier alpha value is -0.940. The van der Waals surface area contributed by atoms with E-state index in [1.807, 2.05) is 24.4 Å². The zero-order chi connectivity index (χ0) is 10.4. The molecular formula is C10H5Br2N3. The van der Waals surface area contributed by atoms with Gasteiger partial charge in [-0.05, 0) is 31.9 Å². The number of pyridine rings is 1. The van der Waals surface area contributed by atoms with E-state index >= 15 is 0 Å². The van der Waals surface area contributed by atoms with Gasteiger partial charge in [0.05, 0.1) is 0 Å². The molecule has 3 aromatic rings. The number of hydrogen-bond donors (Lipinski definition) is 0. The summed E-state index contributed by atoms with van der Waals surface area (Å²) in [5.74, 6) is 0. The molecular weight excluding hydrogens is 322 g/mol. The first-order chi connectivity index (χ1) is 7.25. The van der Waals surface area contributed by atoms with Gasteiger partial charge in [-0.3, -0.25) is 0 Å². The van der Waals surface area contributed by atoms with Crippen LogP contribution in [0, 0.1) is 0 Å². The Morgan fingerprint density at radius 1 is 1.07 bits per heavy atom. The van der Waals surface area contributed by atoms with Crippen molar-refractivity contribution in [2.45, 2.75) is 0 Å². The highest BCUT2D eigenvalue weighted by Crippen LogP contribution is 2.26. The summed E-state index contributed by atoms with van der Waals surface area (Å²) in [4.78, 5) is 4.33. The first-order valence-electron chi connectivity index (χ1n) is 4.35. The summed E-state index contributed by atoms with van der Waals surface area (Å²) in [7, 11) is 0. The number of rotatable bonds is 0. The van der Waals surface area contributed by atoms with Crippen LogP contribution in [-0.2, 0) is 0 Å². The highest BCUT2D eigenvalue weighted by molar-refractivity contribution is 9.10. The number of hydrogen-bond acceptors (Lipinski definition) is 2. The van der Waals surface area contributed by atoms with Crippen molar-refractivity contribution >= 4 is 48.3 Å². The molecule has 1 aromatic carbocycles. The fraction of sp³-hybridized carbons (Fsp3) is 0. The number of benzene rings is 1. The molecule has 0 unspecified atom stereocenters. The first kappa shape index (κ1) is 9.30. The van der Waals surface area contributed by atoms with Gasteiger partial charge in [-0.1, -0.05) is 24.3 Å². The van der Waals surface area contributed by atoms with Crippen molar-refractivity contribution in [3.8, 4) is 0 Å². The number of nitrogens with zero attached hydrogens (tertiary/aromatic N) is 3. The van der Waals surface area contributed by atoms with Gasteiger partial charge in [-0.15, -0.1) is 5.10 Å². The molecule has 0 saturated carbocycles. The summed E-state index contributed by atoms with van der Waals surface area (Å²) in [6.45, 7) is 0. The molecule has 5 heteroatoms. The summed E-state index contributed by atoms with van der Waals surface area (Å²) in [5.41, 5.74) is 0.862. The topological polar surface area (TPSA) is 30.2 Å². The SMILES string of the molecule is Brc1nc2c3ccccc3c(Br)cn2n1. The largest absolute Gasteiger partial charge is 0.218 e. The zero-order valence-corrected chi connectivity index (χ0v) is 10.7. The Kier molecular flexibility index (Phi) is 2.03. The van der Waals surface area contributed by atoms with Gasteiger partial charge in [0.25, 0.3) is 0 Å². The van der Waals surface area contributed by atoms with Crippen LogP contribution >= 0.6 is 31.9 Å². The molecule has 0 N–H and O–H groups in total. The minimum Gasteiger partial charge on any atom is -0.218 e. The maximum absolute atomic E-state index is 4.33. The lowest BCUT2D eigenvalue weighted by Gasteiger charge is -2.01. The van der Waals surface area contributed by atoms with Gasteiger partial charge in [0.1, 0.15) is 0 Å². The molecule has 74 valence electrons. The molecule has 3 rings (SSSR count). The Balaban J connectivity index is 2.62. The number of fused-ring (bicyclic) bond motifs is 3. The van der Waals surface area contributed by atoms with E-state index in [0.717, 1.165) is 20.9 Å². The van der Waals surface area contributed by atoms with Gasteiger partial charge in [-0.25, -0.2) is 9.50 Å². The van der Waals surface area contributed by atoms with Crippen LogP contribution in [-0.4, -0.2) is 14.6 Å². The second-order valence-corrected chi connectivity index (χ2v) is 4.74. The molecule has 0 aliphatic carbocycles. The monoisotopic (exact) mass is 325 g/mol. The second-order valence-electron chi connectivity index (χ2n) is 3.17. The van der Waals surface area contributed by atoms with E-state index < -0.39 is 0 Å². The molecule has 0 aliphatic rings. The number of aromatic nitrogens is 3. The smallest absolute Gasteiger partial charge is 0.218 e. The van der Waals surface area contributed by atoms with Gasteiger partial charge in [0.2, 0.25) is 4.73 Å². The van der Waals surface area contributed by atoms with Gasteiger partial charge in [0.15, 0.2) is 5.65 Å². The zero-order valence-electron chi connectivity index (χ0n) is 7.48. The highest BCUT2D eigenvalue weighted by atomic mass is 79.9. The fourth-order valence-corrected chi connectivity index (χ4v) is 2.51. The van der Waals surface area contributed by atoms with Crippen molar-refractivity contribution < 1.29 is 0 Å². The summed E-state index contributed by atoms with van der Waals surface area (Å²) < 4.78 is 3.38. The maximum atomic E-state index is 4.33. The van der Waals surface area contributed by atoms with Crippen molar-refractivity contribution in [1.82, 2.24) is 14.6 Å². The normalized spacial score (nSPS) is 11.3. The van der Waals surface area contributed by atoms with Gasteiger partial charge in [-0.2, -0.15) is 0 Å². The summed E-state index contributed by atoms with van der Waals surface area (Å²) >= 11 is 6.80. The third-order valence-electron chi connectivity index (χ3n) is 2.27. The molecule has 0 radical (unpaired) electrons. The van der Waals surface area contributed by atoms with Crippen LogP contribution in [0.5, 0.6) is 0 Å². The van der Waals surface area contributed by atoms with Crippen LogP contribution in [0.4, 0.5) is 0 Å². The predicted octanol–water partition coefficient (Wildman–Crippen LogP) is 3.41. The maximum Gasteiger partial charge on any atom is 0.218 e. The molecule has 0 amide bonds. The van der Waals surface area contributed by atoms with Crippen molar-refractivity contribution in [3.63, 3.8) is 0 Å². The van der Waals surface area contributed by atoms with E-state index in [1.165, 1.54) is 0 Å². The predicted molar refractivity (Wildman–Crippen MR) is 65.9 cm³/mol. The molecule has 3 nitrogen and oxygen atoms in total. The first-order valence-corrected chi connectivity index (χ1v) is 5.93. The Labute approximate surface area is 102 Å². The average molecular weight is 327 g/mol. The van der Waals surface area contributed by atoms with Crippen molar-refractivity contribution in [2.24, 2.45) is 0 Å². The third kappa shape index (κ3) is 1.38. The minimum atomic E-state index is 0.603. The molecule has 15 heavy (non-hydrogen) atoms. The summed E-state index contributed by atoms with van der Waals surface area (Å²) in [6, 6.07) is 8.10. The van der Waals surface area contributed by atoms with E-state index in [4.69, 9.17) is 0 Å². The molecule has 0 atom stereocenters. The van der Waals surface area contributed by atoms with Gasteiger partial charge in [0, 0.05) is 21.4 Å². The van der Waals surface area contributed by atoms with Crippen LogP contribution < -0.4 is 0 Å². The average Bonchev–Trinajstić information content (AvgIpc) is 2.59. The lowest BCUT2D eigenvalue weighted by molar-refractivity contribution is 0.946. The quantitative estimate of drug-likeness (QED) is 0.633. The fourth-order valence-electron chi connectivity index (χ4n) is 1.63. The number of halogens is 2. The van der Waals surface area contributed by atoms with Crippen LogP contribution in [0.2, 0.25) is 0 Å². The Bertz CT molecular complexity index is 660. The van der Waals surface area contributed by atoms with Crippen molar-refractivity contribution in [3.05, 3.63) is 39.7 Å². The molecule has 2 heterocycles. The molecule has 0 aliphatic heterocycles. The Morgan fingerprint density at radius 3 is 2.60 bits per heavy atom. The summed E-state index contributed by atoms with van der Waals surface area (Å²) in [6.07, 6.45) is 1.91. The van der Waals surface area contributed by atoms with Gasteiger partial charge >= 0.3 is 0 Å². The van der Waals surface area contributed by atoms with Crippen LogP contribution in [0.15, 0.2) is 39.7 Å². The molecule has 0 saturated heterocycles.